The third-order valence-corrected chi connectivity index (χ3v) is 8.90. The third kappa shape index (κ3) is 8.43. The highest BCUT2D eigenvalue weighted by molar-refractivity contribution is 7.99. The Hall–Kier alpha value is -4.42. The zero-order valence-corrected chi connectivity index (χ0v) is 26.4. The van der Waals surface area contributed by atoms with Crippen LogP contribution in [0.5, 0.6) is 0 Å². The standard InChI is InChI=1S/C35H37N3O7S/c1-23-30(22-46-31-13-6-7-18-38(31)42)44-34(45-32(23)26-16-14-25(21-39)15-17-26)27-11-8-12-28(20-27)36-35(41)37-29(33(40)43-2)19-24-9-4-3-5-10-24/h3-18,20,23,29-30,32,34,39H,19,21-22H2,1-2H3,(H2,36,37,41)/t23-,29+,30+,32+,34+/m1/s1. The van der Waals surface area contributed by atoms with E-state index in [2.05, 4.69) is 17.6 Å². The number of thioether (sulfide) groups is 1. The molecule has 2 amide bonds. The van der Waals surface area contributed by atoms with Crippen LogP contribution >= 0.6 is 11.8 Å². The molecule has 3 N–H and O–H groups in total. The summed E-state index contributed by atoms with van der Waals surface area (Å²) in [5, 5.41) is 27.9. The Bertz CT molecular complexity index is 1610. The van der Waals surface area contributed by atoms with Crippen molar-refractivity contribution in [2.75, 3.05) is 18.2 Å². The Labute approximate surface area is 272 Å². The minimum atomic E-state index is -0.879. The van der Waals surface area contributed by atoms with Gasteiger partial charge in [0.15, 0.2) is 12.5 Å². The van der Waals surface area contributed by atoms with Crippen LogP contribution in [0, 0.1) is 11.1 Å². The molecule has 3 aromatic carbocycles. The van der Waals surface area contributed by atoms with Gasteiger partial charge in [0.1, 0.15) is 6.04 Å². The molecular weight excluding hydrogens is 606 g/mol. The van der Waals surface area contributed by atoms with Crippen LogP contribution in [0.2, 0.25) is 0 Å². The van der Waals surface area contributed by atoms with Crippen LogP contribution in [-0.4, -0.2) is 42.1 Å². The topological polar surface area (TPSA) is 133 Å². The summed E-state index contributed by atoms with van der Waals surface area (Å²) in [5.74, 6) is -0.111. The lowest BCUT2D eigenvalue weighted by Crippen LogP contribution is -2.45. The molecule has 1 fully saturated rings. The maximum Gasteiger partial charge on any atom is 0.328 e. The van der Waals surface area contributed by atoms with E-state index in [1.165, 1.54) is 25.1 Å². The highest BCUT2D eigenvalue weighted by Gasteiger charge is 2.39. The van der Waals surface area contributed by atoms with Crippen LogP contribution in [0.4, 0.5) is 10.5 Å². The van der Waals surface area contributed by atoms with Crippen LogP contribution in [-0.2, 0) is 32.0 Å². The van der Waals surface area contributed by atoms with Gasteiger partial charge in [0.25, 0.3) is 5.03 Å². The number of carbonyl (C=O) groups is 2. The van der Waals surface area contributed by atoms with E-state index in [1.807, 2.05) is 66.7 Å². The number of hydrogen-bond acceptors (Lipinski definition) is 8. The van der Waals surface area contributed by atoms with Gasteiger partial charge in [0, 0.05) is 41.5 Å². The third-order valence-electron chi connectivity index (χ3n) is 7.80. The quantitative estimate of drug-likeness (QED) is 0.0868. The van der Waals surface area contributed by atoms with Crippen LogP contribution < -0.4 is 15.4 Å². The molecule has 240 valence electrons. The second kappa shape index (κ2) is 15.7. The fourth-order valence-electron chi connectivity index (χ4n) is 5.28. The van der Waals surface area contributed by atoms with Gasteiger partial charge < -0.3 is 35.2 Å². The fourth-order valence-corrected chi connectivity index (χ4v) is 6.36. The van der Waals surface area contributed by atoms with Gasteiger partial charge in [0.2, 0.25) is 0 Å². The molecule has 1 aliphatic rings. The van der Waals surface area contributed by atoms with Crippen LogP contribution in [0.1, 0.15) is 41.6 Å². The van der Waals surface area contributed by atoms with Crippen molar-refractivity contribution in [3.05, 3.63) is 131 Å². The van der Waals surface area contributed by atoms with E-state index in [0.29, 0.717) is 22.0 Å². The Morgan fingerprint density at radius 1 is 0.957 bits per heavy atom. The number of methoxy groups -OCH3 is 1. The molecule has 5 rings (SSSR count). The van der Waals surface area contributed by atoms with E-state index < -0.39 is 24.3 Å². The molecule has 4 aromatic rings. The lowest BCUT2D eigenvalue weighted by Gasteiger charge is -2.41. The zero-order chi connectivity index (χ0) is 32.5. The van der Waals surface area contributed by atoms with Crippen LogP contribution in [0.15, 0.2) is 108 Å². The molecule has 46 heavy (non-hydrogen) atoms. The minimum Gasteiger partial charge on any atom is -0.618 e. The minimum absolute atomic E-state index is 0.0569. The first-order valence-electron chi connectivity index (χ1n) is 15.0. The number of aliphatic hydroxyl groups excluding tert-OH is 1. The molecule has 11 heteroatoms. The molecule has 5 atom stereocenters. The summed E-state index contributed by atoms with van der Waals surface area (Å²) >= 11 is 1.41. The van der Waals surface area contributed by atoms with Gasteiger partial charge in [-0.2, -0.15) is 4.73 Å². The second-order valence-electron chi connectivity index (χ2n) is 11.0. The monoisotopic (exact) mass is 643 g/mol. The van der Waals surface area contributed by atoms with E-state index >= 15 is 0 Å². The Kier molecular flexibility index (Phi) is 11.3. The molecule has 10 nitrogen and oxygen atoms in total. The molecule has 0 unspecified atom stereocenters. The summed E-state index contributed by atoms with van der Waals surface area (Å²) in [6.45, 7) is 2.00. The number of rotatable bonds is 11. The van der Waals surface area contributed by atoms with E-state index in [9.17, 15) is 19.9 Å². The van der Waals surface area contributed by atoms with Gasteiger partial charge >= 0.3 is 12.0 Å². The van der Waals surface area contributed by atoms with Gasteiger partial charge in [0.05, 0.1) is 25.9 Å². The van der Waals surface area contributed by atoms with Gasteiger partial charge in [-0.25, -0.2) is 9.59 Å². The molecule has 1 saturated heterocycles. The van der Waals surface area contributed by atoms with E-state index in [0.717, 1.165) is 21.4 Å². The van der Waals surface area contributed by atoms with Crippen molar-refractivity contribution < 1.29 is 33.6 Å². The number of pyridine rings is 1. The number of carbonyl (C=O) groups excluding carboxylic acids is 2. The van der Waals surface area contributed by atoms with Crippen molar-refractivity contribution in [2.24, 2.45) is 5.92 Å². The normalized spacial score (nSPS) is 20.0. The fraction of sp³-hybridized carbons (Fsp3) is 0.286. The summed E-state index contributed by atoms with van der Waals surface area (Å²) in [5.41, 5.74) is 3.78. The number of esters is 1. The van der Waals surface area contributed by atoms with Crippen molar-refractivity contribution in [1.29, 1.82) is 0 Å². The smallest absolute Gasteiger partial charge is 0.328 e. The van der Waals surface area contributed by atoms with Crippen LogP contribution in [0.3, 0.4) is 0 Å². The number of nitrogens with one attached hydrogen (secondary N) is 2. The van der Waals surface area contributed by atoms with Crippen molar-refractivity contribution in [1.82, 2.24) is 5.32 Å². The summed E-state index contributed by atoms with van der Waals surface area (Å²) < 4.78 is 18.8. The second-order valence-corrected chi connectivity index (χ2v) is 12.0. The number of aliphatic hydroxyl groups is 1. The average molecular weight is 644 g/mol. The van der Waals surface area contributed by atoms with Gasteiger partial charge in [-0.15, -0.1) is 0 Å². The summed E-state index contributed by atoms with van der Waals surface area (Å²) in [4.78, 5) is 25.4. The molecule has 0 spiro atoms. The van der Waals surface area contributed by atoms with Crippen molar-refractivity contribution >= 4 is 29.4 Å². The zero-order valence-electron chi connectivity index (χ0n) is 25.6. The molecule has 0 bridgehead atoms. The van der Waals surface area contributed by atoms with Crippen LogP contribution in [0.25, 0.3) is 0 Å². The van der Waals surface area contributed by atoms with Gasteiger partial charge in [-0.05, 0) is 34.9 Å². The molecule has 2 heterocycles. The van der Waals surface area contributed by atoms with Crippen molar-refractivity contribution in [2.45, 2.75) is 49.5 Å². The molecule has 1 aromatic heterocycles. The Morgan fingerprint density at radius 2 is 1.72 bits per heavy atom. The van der Waals surface area contributed by atoms with E-state index in [1.54, 1.807) is 30.3 Å². The molecular formula is C35H37N3O7S. The predicted octanol–water partition coefficient (Wildman–Crippen LogP) is 5.30. The maximum absolute atomic E-state index is 13.0. The molecule has 0 aliphatic carbocycles. The highest BCUT2D eigenvalue weighted by Crippen LogP contribution is 2.43. The Morgan fingerprint density at radius 3 is 2.43 bits per heavy atom. The number of hydrogen-bond donors (Lipinski definition) is 3. The number of anilines is 1. The largest absolute Gasteiger partial charge is 0.618 e. The first kappa shape index (κ1) is 33.0. The number of nitrogens with zero attached hydrogens (tertiary/aromatic N) is 1. The first-order valence-corrected chi connectivity index (χ1v) is 15.9. The number of amides is 2. The number of benzene rings is 3. The van der Waals surface area contributed by atoms with Gasteiger partial charge in [-0.3, -0.25) is 0 Å². The summed E-state index contributed by atoms with van der Waals surface area (Å²) in [6, 6.07) is 28.0. The number of aromatic nitrogens is 1. The number of urea groups is 1. The Balaban J connectivity index is 1.33. The predicted molar refractivity (Wildman–Crippen MR) is 174 cm³/mol. The maximum atomic E-state index is 13.0. The lowest BCUT2D eigenvalue weighted by molar-refractivity contribution is -0.645. The first-order chi connectivity index (χ1) is 22.3. The summed E-state index contributed by atoms with van der Waals surface area (Å²) in [6.07, 6.45) is 0.341. The van der Waals surface area contributed by atoms with E-state index in [-0.39, 0.29) is 31.2 Å². The molecule has 0 radical (unpaired) electrons. The lowest BCUT2D eigenvalue weighted by atomic mass is 9.91. The summed E-state index contributed by atoms with van der Waals surface area (Å²) in [7, 11) is 1.28. The molecule has 0 saturated carbocycles. The highest BCUT2D eigenvalue weighted by atomic mass is 32.2. The van der Waals surface area contributed by atoms with Gasteiger partial charge in [-0.1, -0.05) is 85.4 Å². The SMILES string of the molecule is COC(=O)[C@H](Cc1ccccc1)NC(=O)Nc1cccc([C@H]2O[C@@H](CSc3cccc[n+]3[O-])[C@@H](C)[C@@H](c3ccc(CO)cc3)O2)c1. The van der Waals surface area contributed by atoms with Crippen molar-refractivity contribution in [3.63, 3.8) is 0 Å². The van der Waals surface area contributed by atoms with Crippen molar-refractivity contribution in [3.8, 4) is 0 Å². The molecule has 1 aliphatic heterocycles. The average Bonchev–Trinajstić information content (AvgIpc) is 3.08. The van der Waals surface area contributed by atoms with E-state index in [4.69, 9.17) is 14.2 Å². The number of ether oxygens (including phenoxy) is 3.